The molecule has 0 spiro atoms. The topological polar surface area (TPSA) is 44.4 Å². The average Bonchev–Trinajstić information content (AvgIpc) is 3.15. The largest absolute Gasteiger partial charge is 0.351 e. The van der Waals surface area contributed by atoms with Crippen LogP contribution in [0.1, 0.15) is 24.0 Å². The first-order chi connectivity index (χ1) is 12.1. The monoisotopic (exact) mass is 337 g/mol. The molecule has 25 heavy (non-hydrogen) atoms. The summed E-state index contributed by atoms with van der Waals surface area (Å²) < 4.78 is 0. The number of amides is 1. The summed E-state index contributed by atoms with van der Waals surface area (Å²) >= 11 is 0. The molecule has 0 aromatic heterocycles. The standard InChI is InChI=1S/C21H27N3O/c1-24(2)15-16-9-11-17(12-10-16)19-7-4-3-6-18(19)14-23-21(25)20-8-5-13-22-20/h3-4,6-7,9-12,20,22H,5,8,13-15H2,1-2H3,(H,23,25). The van der Waals surface area contributed by atoms with E-state index in [0.717, 1.165) is 31.5 Å². The lowest BCUT2D eigenvalue weighted by Gasteiger charge is -2.14. The molecule has 2 N–H and O–H groups in total. The van der Waals surface area contributed by atoms with Crippen LogP contribution < -0.4 is 10.6 Å². The Bertz CT molecular complexity index is 703. The summed E-state index contributed by atoms with van der Waals surface area (Å²) in [5.74, 6) is 0.105. The quantitative estimate of drug-likeness (QED) is 0.852. The second kappa shape index (κ2) is 8.28. The normalized spacial score (nSPS) is 17.0. The molecule has 4 nitrogen and oxygen atoms in total. The molecule has 0 aliphatic carbocycles. The molecule has 4 heteroatoms. The van der Waals surface area contributed by atoms with Crippen molar-refractivity contribution in [3.05, 3.63) is 59.7 Å². The minimum absolute atomic E-state index is 0.0301. The Morgan fingerprint density at radius 1 is 1.16 bits per heavy atom. The van der Waals surface area contributed by atoms with Crippen LogP contribution in [0.4, 0.5) is 0 Å². The highest BCUT2D eigenvalue weighted by molar-refractivity contribution is 5.82. The van der Waals surface area contributed by atoms with Gasteiger partial charge in [-0.25, -0.2) is 0 Å². The van der Waals surface area contributed by atoms with Crippen LogP contribution in [0.5, 0.6) is 0 Å². The van der Waals surface area contributed by atoms with Crippen LogP contribution >= 0.6 is 0 Å². The smallest absolute Gasteiger partial charge is 0.237 e. The van der Waals surface area contributed by atoms with Crippen LogP contribution in [0.3, 0.4) is 0 Å². The first-order valence-corrected chi connectivity index (χ1v) is 8.96. The lowest BCUT2D eigenvalue weighted by Crippen LogP contribution is -2.40. The summed E-state index contributed by atoms with van der Waals surface area (Å²) in [5.41, 5.74) is 4.81. The lowest BCUT2D eigenvalue weighted by atomic mass is 9.98. The van der Waals surface area contributed by atoms with Gasteiger partial charge < -0.3 is 15.5 Å². The maximum absolute atomic E-state index is 12.2. The summed E-state index contributed by atoms with van der Waals surface area (Å²) in [5, 5.41) is 6.33. The van der Waals surface area contributed by atoms with Gasteiger partial charge >= 0.3 is 0 Å². The molecule has 0 radical (unpaired) electrons. The summed E-state index contributed by atoms with van der Waals surface area (Å²) in [6.45, 7) is 2.44. The minimum Gasteiger partial charge on any atom is -0.351 e. The first-order valence-electron chi connectivity index (χ1n) is 8.96. The highest BCUT2D eigenvalue weighted by Crippen LogP contribution is 2.24. The third-order valence-electron chi connectivity index (χ3n) is 4.61. The van der Waals surface area contributed by atoms with Crippen molar-refractivity contribution in [2.45, 2.75) is 32.0 Å². The van der Waals surface area contributed by atoms with Crippen molar-refractivity contribution in [3.8, 4) is 11.1 Å². The summed E-state index contributed by atoms with van der Waals surface area (Å²) in [7, 11) is 4.15. The van der Waals surface area contributed by atoms with Crippen molar-refractivity contribution in [3.63, 3.8) is 0 Å². The van der Waals surface area contributed by atoms with E-state index in [4.69, 9.17) is 0 Å². The van der Waals surface area contributed by atoms with Crippen molar-refractivity contribution >= 4 is 5.91 Å². The zero-order valence-electron chi connectivity index (χ0n) is 15.1. The Kier molecular flexibility index (Phi) is 5.84. The van der Waals surface area contributed by atoms with Gasteiger partial charge in [0, 0.05) is 13.1 Å². The fraction of sp³-hybridized carbons (Fsp3) is 0.381. The zero-order chi connectivity index (χ0) is 17.6. The van der Waals surface area contributed by atoms with Gasteiger partial charge in [-0.3, -0.25) is 4.79 Å². The SMILES string of the molecule is CN(C)Cc1ccc(-c2ccccc2CNC(=O)C2CCCN2)cc1. The Labute approximate surface area is 150 Å². The van der Waals surface area contributed by atoms with E-state index in [0.29, 0.717) is 6.54 Å². The highest BCUT2D eigenvalue weighted by Gasteiger charge is 2.21. The molecule has 132 valence electrons. The van der Waals surface area contributed by atoms with Crippen LogP contribution in [0, 0.1) is 0 Å². The molecule has 1 fully saturated rings. The molecule has 1 unspecified atom stereocenters. The molecule has 3 rings (SSSR count). The molecular formula is C21H27N3O. The minimum atomic E-state index is -0.0301. The molecule has 1 aliphatic rings. The third-order valence-corrected chi connectivity index (χ3v) is 4.61. The number of hydrogen-bond acceptors (Lipinski definition) is 3. The van der Waals surface area contributed by atoms with Gasteiger partial charge in [0.1, 0.15) is 0 Å². The number of rotatable bonds is 6. The van der Waals surface area contributed by atoms with Gasteiger partial charge in [0.15, 0.2) is 0 Å². The van der Waals surface area contributed by atoms with E-state index >= 15 is 0 Å². The summed E-state index contributed by atoms with van der Waals surface area (Å²) in [4.78, 5) is 14.4. The fourth-order valence-corrected chi connectivity index (χ4v) is 3.32. The van der Waals surface area contributed by atoms with E-state index in [2.05, 4.69) is 66.0 Å². The van der Waals surface area contributed by atoms with E-state index in [1.807, 2.05) is 12.1 Å². The van der Waals surface area contributed by atoms with Crippen LogP contribution in [-0.2, 0) is 17.9 Å². The fourth-order valence-electron chi connectivity index (χ4n) is 3.32. The number of hydrogen-bond donors (Lipinski definition) is 2. The molecule has 2 aromatic rings. The number of carbonyl (C=O) groups excluding carboxylic acids is 1. The van der Waals surface area contributed by atoms with Crippen molar-refractivity contribution in [1.82, 2.24) is 15.5 Å². The van der Waals surface area contributed by atoms with E-state index in [-0.39, 0.29) is 11.9 Å². The number of benzene rings is 2. The maximum atomic E-state index is 12.2. The number of nitrogens with zero attached hydrogens (tertiary/aromatic N) is 1. The molecule has 1 saturated heterocycles. The number of carbonyl (C=O) groups is 1. The van der Waals surface area contributed by atoms with Crippen molar-refractivity contribution < 1.29 is 4.79 Å². The van der Waals surface area contributed by atoms with Gasteiger partial charge in [-0.1, -0.05) is 48.5 Å². The van der Waals surface area contributed by atoms with Crippen molar-refractivity contribution in [2.75, 3.05) is 20.6 Å². The van der Waals surface area contributed by atoms with E-state index in [9.17, 15) is 4.79 Å². The molecule has 2 aromatic carbocycles. The van der Waals surface area contributed by atoms with Gasteiger partial charge in [-0.15, -0.1) is 0 Å². The molecular weight excluding hydrogens is 310 g/mol. The molecule has 1 atom stereocenters. The van der Waals surface area contributed by atoms with Gasteiger partial charge in [0.05, 0.1) is 6.04 Å². The Hall–Kier alpha value is -2.17. The van der Waals surface area contributed by atoms with Crippen LogP contribution in [0.15, 0.2) is 48.5 Å². The summed E-state index contributed by atoms with van der Waals surface area (Å²) in [6, 6.07) is 16.9. The second-order valence-electron chi connectivity index (χ2n) is 6.96. The van der Waals surface area contributed by atoms with Gasteiger partial charge in [0.2, 0.25) is 5.91 Å². The van der Waals surface area contributed by atoms with Gasteiger partial charge in [-0.2, -0.15) is 0 Å². The Balaban J connectivity index is 1.70. The van der Waals surface area contributed by atoms with E-state index in [1.54, 1.807) is 0 Å². The van der Waals surface area contributed by atoms with Gasteiger partial charge in [0.25, 0.3) is 0 Å². The Morgan fingerprint density at radius 2 is 1.92 bits per heavy atom. The third kappa shape index (κ3) is 4.68. The van der Waals surface area contributed by atoms with Crippen molar-refractivity contribution in [2.24, 2.45) is 0 Å². The summed E-state index contributed by atoms with van der Waals surface area (Å²) in [6.07, 6.45) is 2.01. The van der Waals surface area contributed by atoms with Crippen molar-refractivity contribution in [1.29, 1.82) is 0 Å². The molecule has 1 heterocycles. The van der Waals surface area contributed by atoms with E-state index in [1.165, 1.54) is 16.7 Å². The van der Waals surface area contributed by atoms with Gasteiger partial charge in [-0.05, 0) is 55.7 Å². The highest BCUT2D eigenvalue weighted by atomic mass is 16.2. The Morgan fingerprint density at radius 3 is 2.60 bits per heavy atom. The zero-order valence-corrected chi connectivity index (χ0v) is 15.1. The van der Waals surface area contributed by atoms with Crippen LogP contribution in [0.25, 0.3) is 11.1 Å². The van der Waals surface area contributed by atoms with E-state index < -0.39 is 0 Å². The lowest BCUT2D eigenvalue weighted by molar-refractivity contribution is -0.122. The predicted octanol–water partition coefficient (Wildman–Crippen LogP) is 2.78. The van der Waals surface area contributed by atoms with Crippen LogP contribution in [-0.4, -0.2) is 37.5 Å². The predicted molar refractivity (Wildman–Crippen MR) is 102 cm³/mol. The number of nitrogens with one attached hydrogen (secondary N) is 2. The second-order valence-corrected chi connectivity index (χ2v) is 6.96. The maximum Gasteiger partial charge on any atom is 0.237 e. The molecule has 0 saturated carbocycles. The molecule has 1 amide bonds. The average molecular weight is 337 g/mol. The molecule has 1 aliphatic heterocycles. The first kappa shape index (κ1) is 17.6. The van der Waals surface area contributed by atoms with Crippen LogP contribution in [0.2, 0.25) is 0 Å². The molecule has 0 bridgehead atoms.